The maximum atomic E-state index is 12.5. The second-order valence-electron chi connectivity index (χ2n) is 4.66. The lowest BCUT2D eigenvalue weighted by molar-refractivity contribution is 0.0596. The monoisotopic (exact) mass is 327 g/mol. The summed E-state index contributed by atoms with van der Waals surface area (Å²) in [7, 11) is 1.53. The molecular weight excluding hydrogens is 310 g/mol. The first kappa shape index (κ1) is 14.2. The molecule has 1 aromatic carbocycles. The maximum Gasteiger partial charge on any atom is 0.257 e. The summed E-state index contributed by atoms with van der Waals surface area (Å²) in [6.07, 6.45) is 3.27. The Morgan fingerprint density at radius 2 is 2.26 bits per heavy atom. The topological polar surface area (TPSA) is 49.8 Å². The molecular formula is C14H18BrNO3. The van der Waals surface area contributed by atoms with Gasteiger partial charge in [-0.3, -0.25) is 4.79 Å². The van der Waals surface area contributed by atoms with Gasteiger partial charge in [0.2, 0.25) is 0 Å². The normalized spacial score (nSPS) is 14.8. The van der Waals surface area contributed by atoms with E-state index in [-0.39, 0.29) is 11.7 Å². The number of ether oxygens (including phenoxy) is 1. The zero-order chi connectivity index (χ0) is 13.8. The van der Waals surface area contributed by atoms with E-state index in [0.717, 1.165) is 18.2 Å². The Kier molecular flexibility index (Phi) is 4.69. The number of amides is 1. The molecule has 0 spiro atoms. The van der Waals surface area contributed by atoms with E-state index in [9.17, 15) is 9.90 Å². The van der Waals surface area contributed by atoms with Crippen LogP contribution in [0, 0.1) is 0 Å². The second-order valence-corrected chi connectivity index (χ2v) is 5.45. The smallest absolute Gasteiger partial charge is 0.257 e. The summed E-state index contributed by atoms with van der Waals surface area (Å²) in [5.41, 5.74) is 0.341. The highest BCUT2D eigenvalue weighted by Gasteiger charge is 2.30. The van der Waals surface area contributed by atoms with Crippen LogP contribution in [0.1, 0.15) is 29.6 Å². The fourth-order valence-corrected chi connectivity index (χ4v) is 2.60. The summed E-state index contributed by atoms with van der Waals surface area (Å²) in [5.74, 6) is 0.414. The van der Waals surface area contributed by atoms with Crippen molar-refractivity contribution in [1.82, 2.24) is 4.90 Å². The van der Waals surface area contributed by atoms with E-state index in [1.165, 1.54) is 19.6 Å². The van der Waals surface area contributed by atoms with E-state index < -0.39 is 0 Å². The van der Waals surface area contributed by atoms with Crippen molar-refractivity contribution in [3.63, 3.8) is 0 Å². The van der Waals surface area contributed by atoms with Crippen LogP contribution in [-0.2, 0) is 0 Å². The third-order valence-corrected chi connectivity index (χ3v) is 3.89. The van der Waals surface area contributed by atoms with Crippen LogP contribution in [0.15, 0.2) is 18.2 Å². The van der Waals surface area contributed by atoms with Gasteiger partial charge in [0.15, 0.2) is 0 Å². The molecule has 104 valence electrons. The molecule has 0 bridgehead atoms. The number of carbonyl (C=O) groups is 1. The molecule has 1 aromatic rings. The van der Waals surface area contributed by atoms with E-state index in [1.54, 1.807) is 12.1 Å². The van der Waals surface area contributed by atoms with Crippen molar-refractivity contribution in [2.45, 2.75) is 25.3 Å². The minimum atomic E-state index is -0.107. The number of hydrogen-bond donors (Lipinski definition) is 1. The lowest BCUT2D eigenvalue weighted by Gasteiger charge is -2.37. The Balaban J connectivity index is 2.20. The van der Waals surface area contributed by atoms with Gasteiger partial charge in [-0.25, -0.2) is 0 Å². The maximum absolute atomic E-state index is 12.5. The van der Waals surface area contributed by atoms with Crippen molar-refractivity contribution < 1.29 is 14.6 Å². The van der Waals surface area contributed by atoms with Gasteiger partial charge >= 0.3 is 0 Å². The highest BCUT2D eigenvalue weighted by Crippen LogP contribution is 2.29. The van der Waals surface area contributed by atoms with Gasteiger partial charge < -0.3 is 14.7 Å². The largest absolute Gasteiger partial charge is 0.507 e. The highest BCUT2D eigenvalue weighted by atomic mass is 79.9. The molecule has 5 heteroatoms. The number of methoxy groups -OCH3 is 1. The highest BCUT2D eigenvalue weighted by molar-refractivity contribution is 9.09. The molecule has 0 radical (unpaired) electrons. The Morgan fingerprint density at radius 3 is 2.74 bits per heavy atom. The number of rotatable bonds is 5. The van der Waals surface area contributed by atoms with Crippen LogP contribution in [0.25, 0.3) is 0 Å². The predicted molar refractivity (Wildman–Crippen MR) is 77.1 cm³/mol. The number of alkyl halides is 1. The summed E-state index contributed by atoms with van der Waals surface area (Å²) in [6.45, 7) is 0.662. The molecule has 1 N–H and O–H groups in total. The Bertz CT molecular complexity index is 460. The first-order valence-electron chi connectivity index (χ1n) is 6.41. The van der Waals surface area contributed by atoms with Gasteiger partial charge in [0, 0.05) is 24.0 Å². The predicted octanol–water partition coefficient (Wildman–Crippen LogP) is 2.79. The zero-order valence-corrected chi connectivity index (χ0v) is 12.5. The van der Waals surface area contributed by atoms with E-state index in [4.69, 9.17) is 4.74 Å². The molecule has 0 atom stereocenters. The fraction of sp³-hybridized carbons (Fsp3) is 0.500. The summed E-state index contributed by atoms with van der Waals surface area (Å²) in [5, 5.41) is 10.7. The average Bonchev–Trinajstić information content (AvgIpc) is 2.35. The number of nitrogens with zero attached hydrogens (tertiary/aromatic N) is 1. The summed E-state index contributed by atoms with van der Waals surface area (Å²) < 4.78 is 5.03. The quantitative estimate of drug-likeness (QED) is 0.846. The number of aromatic hydroxyl groups is 1. The van der Waals surface area contributed by atoms with Gasteiger partial charge in [-0.1, -0.05) is 15.9 Å². The first-order chi connectivity index (χ1) is 9.17. The molecule has 0 aromatic heterocycles. The van der Waals surface area contributed by atoms with Crippen LogP contribution >= 0.6 is 15.9 Å². The summed E-state index contributed by atoms with van der Waals surface area (Å²) in [6, 6.07) is 5.10. The van der Waals surface area contributed by atoms with Crippen LogP contribution in [0.5, 0.6) is 11.5 Å². The van der Waals surface area contributed by atoms with Crippen LogP contribution in [0.2, 0.25) is 0 Å². The van der Waals surface area contributed by atoms with E-state index in [0.29, 0.717) is 23.9 Å². The Hall–Kier alpha value is -1.23. The Labute approximate surface area is 121 Å². The van der Waals surface area contributed by atoms with Crippen LogP contribution in [0.3, 0.4) is 0 Å². The molecule has 0 aliphatic heterocycles. The van der Waals surface area contributed by atoms with Gasteiger partial charge in [-0.2, -0.15) is 0 Å². The van der Waals surface area contributed by atoms with E-state index in [2.05, 4.69) is 15.9 Å². The van der Waals surface area contributed by atoms with Crippen LogP contribution in [0.4, 0.5) is 0 Å². The molecule has 1 aliphatic rings. The molecule has 1 amide bonds. The number of halogens is 1. The van der Waals surface area contributed by atoms with E-state index >= 15 is 0 Å². The van der Waals surface area contributed by atoms with Crippen molar-refractivity contribution >= 4 is 21.8 Å². The molecule has 0 heterocycles. The molecule has 1 fully saturated rings. The number of benzene rings is 1. The SMILES string of the molecule is COc1ccc(C(=O)N(CCBr)C2CCC2)c(O)c1. The minimum absolute atomic E-state index is 0.0248. The van der Waals surface area contributed by atoms with Crippen LogP contribution in [-0.4, -0.2) is 40.9 Å². The minimum Gasteiger partial charge on any atom is -0.507 e. The number of phenolic OH excluding ortho intramolecular Hbond substituents is 1. The third kappa shape index (κ3) is 3.03. The van der Waals surface area contributed by atoms with Crippen molar-refractivity contribution in [3.8, 4) is 11.5 Å². The standard InChI is InChI=1S/C14H18BrNO3/c1-19-11-5-6-12(13(17)9-11)14(18)16(8-7-15)10-3-2-4-10/h5-6,9-10,17H,2-4,7-8H2,1H3. The molecule has 1 saturated carbocycles. The molecule has 4 nitrogen and oxygen atoms in total. The molecule has 19 heavy (non-hydrogen) atoms. The van der Waals surface area contributed by atoms with Gasteiger partial charge in [-0.05, 0) is 31.4 Å². The van der Waals surface area contributed by atoms with Crippen molar-refractivity contribution in [2.24, 2.45) is 0 Å². The lowest BCUT2D eigenvalue weighted by atomic mass is 9.91. The van der Waals surface area contributed by atoms with Gasteiger partial charge in [0.25, 0.3) is 5.91 Å². The number of phenols is 1. The van der Waals surface area contributed by atoms with Gasteiger partial charge in [0.05, 0.1) is 12.7 Å². The van der Waals surface area contributed by atoms with Gasteiger partial charge in [-0.15, -0.1) is 0 Å². The van der Waals surface area contributed by atoms with Crippen LogP contribution < -0.4 is 4.74 Å². The van der Waals surface area contributed by atoms with Crippen molar-refractivity contribution in [3.05, 3.63) is 23.8 Å². The summed E-state index contributed by atoms with van der Waals surface area (Å²) in [4.78, 5) is 14.3. The zero-order valence-electron chi connectivity index (χ0n) is 10.9. The molecule has 2 rings (SSSR count). The second kappa shape index (κ2) is 6.28. The fourth-order valence-electron chi connectivity index (χ4n) is 2.21. The molecule has 1 aliphatic carbocycles. The number of carbonyl (C=O) groups excluding carboxylic acids is 1. The molecule has 0 unspecified atom stereocenters. The first-order valence-corrected chi connectivity index (χ1v) is 7.53. The summed E-state index contributed by atoms with van der Waals surface area (Å²) >= 11 is 3.38. The van der Waals surface area contributed by atoms with Crippen molar-refractivity contribution in [1.29, 1.82) is 0 Å². The average molecular weight is 328 g/mol. The van der Waals surface area contributed by atoms with Gasteiger partial charge in [0.1, 0.15) is 11.5 Å². The Morgan fingerprint density at radius 1 is 1.53 bits per heavy atom. The lowest BCUT2D eigenvalue weighted by Crippen LogP contribution is -2.45. The van der Waals surface area contributed by atoms with E-state index in [1.807, 2.05) is 4.90 Å². The van der Waals surface area contributed by atoms with Crippen molar-refractivity contribution in [2.75, 3.05) is 19.0 Å². The molecule has 0 saturated heterocycles. The number of hydrogen-bond acceptors (Lipinski definition) is 3. The third-order valence-electron chi connectivity index (χ3n) is 3.54.